The Labute approximate surface area is 179 Å². The summed E-state index contributed by atoms with van der Waals surface area (Å²) in [6.07, 6.45) is 4.58. The highest BCUT2D eigenvalue weighted by molar-refractivity contribution is 7.88. The van der Waals surface area contributed by atoms with Crippen molar-refractivity contribution in [3.8, 4) is 11.5 Å². The van der Waals surface area contributed by atoms with E-state index in [1.807, 2.05) is 23.1 Å². The molecule has 0 radical (unpaired) electrons. The predicted octanol–water partition coefficient (Wildman–Crippen LogP) is 1.72. The largest absolute Gasteiger partial charge is 0.497 e. The first kappa shape index (κ1) is 22.8. The van der Waals surface area contributed by atoms with Crippen LogP contribution in [0.1, 0.15) is 37.3 Å². The molecule has 2 saturated heterocycles. The second kappa shape index (κ2) is 9.53. The van der Waals surface area contributed by atoms with Gasteiger partial charge in [0.2, 0.25) is 15.9 Å². The molecule has 1 aromatic rings. The van der Waals surface area contributed by atoms with Crippen LogP contribution in [0.5, 0.6) is 11.5 Å². The van der Waals surface area contributed by atoms with E-state index < -0.39 is 10.0 Å². The van der Waals surface area contributed by atoms with Gasteiger partial charge >= 0.3 is 0 Å². The molecule has 9 heteroatoms. The summed E-state index contributed by atoms with van der Waals surface area (Å²) >= 11 is 0. The molecule has 0 aliphatic carbocycles. The smallest absolute Gasteiger partial charge is 0.237 e. The standard InChI is InChI=1S/C21H33N3O5S/c1-22(30(4,26)27)16-9-12-23(13-10-16)15-21(25)24-11-5-6-19(24)18-14-17(28-2)7-8-20(18)29-3/h7-8,14,16,19H,5-6,9-13,15H2,1-4H3. The Morgan fingerprint density at radius 2 is 1.83 bits per heavy atom. The number of hydrogen-bond donors (Lipinski definition) is 0. The van der Waals surface area contributed by atoms with Gasteiger partial charge < -0.3 is 14.4 Å². The number of methoxy groups -OCH3 is 2. The number of piperidine rings is 1. The van der Waals surface area contributed by atoms with Gasteiger partial charge in [-0.15, -0.1) is 0 Å². The van der Waals surface area contributed by atoms with Crippen molar-refractivity contribution in [2.24, 2.45) is 0 Å². The van der Waals surface area contributed by atoms with E-state index in [0.717, 1.165) is 62.4 Å². The zero-order valence-electron chi connectivity index (χ0n) is 18.3. The summed E-state index contributed by atoms with van der Waals surface area (Å²) in [6, 6.07) is 5.70. The molecule has 1 unspecified atom stereocenters. The van der Waals surface area contributed by atoms with Crippen molar-refractivity contribution < 1.29 is 22.7 Å². The molecular formula is C21H33N3O5S. The summed E-state index contributed by atoms with van der Waals surface area (Å²) in [5.74, 6) is 1.63. The zero-order chi connectivity index (χ0) is 21.9. The third kappa shape index (κ3) is 5.07. The van der Waals surface area contributed by atoms with Crippen LogP contribution in [-0.2, 0) is 14.8 Å². The Kier molecular flexibility index (Phi) is 7.26. The predicted molar refractivity (Wildman–Crippen MR) is 115 cm³/mol. The van der Waals surface area contributed by atoms with Crippen LogP contribution >= 0.6 is 0 Å². The number of hydrogen-bond acceptors (Lipinski definition) is 6. The number of ether oxygens (including phenoxy) is 2. The second-order valence-electron chi connectivity index (χ2n) is 8.14. The zero-order valence-corrected chi connectivity index (χ0v) is 19.2. The van der Waals surface area contributed by atoms with E-state index in [1.54, 1.807) is 21.3 Å². The van der Waals surface area contributed by atoms with Gasteiger partial charge in [-0.25, -0.2) is 12.7 Å². The molecule has 0 saturated carbocycles. The number of carbonyl (C=O) groups is 1. The molecule has 3 rings (SSSR count). The molecule has 1 amide bonds. The lowest BCUT2D eigenvalue weighted by Crippen LogP contribution is -2.48. The maximum absolute atomic E-state index is 13.1. The topological polar surface area (TPSA) is 79.4 Å². The van der Waals surface area contributed by atoms with Crippen molar-refractivity contribution in [3.05, 3.63) is 23.8 Å². The van der Waals surface area contributed by atoms with Crippen LogP contribution in [0.15, 0.2) is 18.2 Å². The SMILES string of the molecule is COc1ccc(OC)c(C2CCCN2C(=O)CN2CCC(N(C)S(C)(=O)=O)CC2)c1. The summed E-state index contributed by atoms with van der Waals surface area (Å²) in [7, 11) is 1.72. The fourth-order valence-corrected chi connectivity index (χ4v) is 5.23. The third-order valence-electron chi connectivity index (χ3n) is 6.32. The molecule has 0 bridgehead atoms. The molecule has 8 nitrogen and oxygen atoms in total. The molecule has 0 spiro atoms. The number of carbonyl (C=O) groups excluding carboxylic acids is 1. The summed E-state index contributed by atoms with van der Waals surface area (Å²) in [5.41, 5.74) is 0.983. The van der Waals surface area contributed by atoms with Gasteiger partial charge in [0.15, 0.2) is 0 Å². The first-order valence-corrected chi connectivity index (χ1v) is 12.3. The van der Waals surface area contributed by atoms with E-state index in [-0.39, 0.29) is 18.0 Å². The first-order chi connectivity index (χ1) is 14.2. The van der Waals surface area contributed by atoms with E-state index in [0.29, 0.717) is 6.54 Å². The normalized spacial score (nSPS) is 21.2. The summed E-state index contributed by atoms with van der Waals surface area (Å²) in [6.45, 7) is 2.53. The molecular weight excluding hydrogens is 406 g/mol. The summed E-state index contributed by atoms with van der Waals surface area (Å²) in [4.78, 5) is 17.2. The first-order valence-electron chi connectivity index (χ1n) is 10.4. The average molecular weight is 440 g/mol. The molecule has 168 valence electrons. The van der Waals surface area contributed by atoms with Gasteiger partial charge in [-0.1, -0.05) is 0 Å². The Bertz CT molecular complexity index is 852. The van der Waals surface area contributed by atoms with Crippen molar-refractivity contribution >= 4 is 15.9 Å². The Morgan fingerprint density at radius 3 is 2.43 bits per heavy atom. The maximum Gasteiger partial charge on any atom is 0.237 e. The van der Waals surface area contributed by atoms with Gasteiger partial charge in [0, 0.05) is 38.3 Å². The lowest BCUT2D eigenvalue weighted by Gasteiger charge is -2.36. The van der Waals surface area contributed by atoms with E-state index in [4.69, 9.17) is 9.47 Å². The number of sulfonamides is 1. The van der Waals surface area contributed by atoms with Crippen LogP contribution in [0.2, 0.25) is 0 Å². The second-order valence-corrected chi connectivity index (χ2v) is 10.2. The third-order valence-corrected chi connectivity index (χ3v) is 7.67. The van der Waals surface area contributed by atoms with Gasteiger partial charge in [-0.3, -0.25) is 9.69 Å². The molecule has 2 fully saturated rings. The van der Waals surface area contributed by atoms with Crippen molar-refractivity contribution in [2.75, 3.05) is 53.7 Å². The Balaban J connectivity index is 1.64. The van der Waals surface area contributed by atoms with Crippen LogP contribution in [0, 0.1) is 0 Å². The lowest BCUT2D eigenvalue weighted by molar-refractivity contribution is -0.133. The lowest BCUT2D eigenvalue weighted by atomic mass is 10.0. The minimum absolute atomic E-state index is 0.00642. The van der Waals surface area contributed by atoms with Crippen LogP contribution in [0.25, 0.3) is 0 Å². The fourth-order valence-electron chi connectivity index (χ4n) is 4.48. The Hall–Kier alpha value is -1.84. The monoisotopic (exact) mass is 439 g/mol. The molecule has 1 atom stereocenters. The average Bonchev–Trinajstić information content (AvgIpc) is 3.22. The molecule has 30 heavy (non-hydrogen) atoms. The van der Waals surface area contributed by atoms with Crippen LogP contribution in [0.3, 0.4) is 0 Å². The highest BCUT2D eigenvalue weighted by Crippen LogP contribution is 2.39. The highest BCUT2D eigenvalue weighted by atomic mass is 32.2. The minimum Gasteiger partial charge on any atom is -0.497 e. The highest BCUT2D eigenvalue weighted by Gasteiger charge is 2.34. The summed E-state index contributed by atoms with van der Waals surface area (Å²) in [5, 5.41) is 0. The van der Waals surface area contributed by atoms with Crippen molar-refractivity contribution in [3.63, 3.8) is 0 Å². The van der Waals surface area contributed by atoms with E-state index in [1.165, 1.54) is 10.6 Å². The van der Waals surface area contributed by atoms with Gasteiger partial charge in [-0.05, 0) is 43.9 Å². The number of likely N-dealkylation sites (tertiary alicyclic amines) is 2. The van der Waals surface area contributed by atoms with Gasteiger partial charge in [0.05, 0.1) is 33.1 Å². The number of rotatable bonds is 7. The molecule has 0 N–H and O–H groups in total. The van der Waals surface area contributed by atoms with E-state index in [9.17, 15) is 13.2 Å². The molecule has 0 aromatic heterocycles. The van der Waals surface area contributed by atoms with Gasteiger partial charge in [0.1, 0.15) is 11.5 Å². The molecule has 2 heterocycles. The fraction of sp³-hybridized carbons (Fsp3) is 0.667. The maximum atomic E-state index is 13.1. The Morgan fingerprint density at radius 1 is 1.13 bits per heavy atom. The quantitative estimate of drug-likeness (QED) is 0.644. The van der Waals surface area contributed by atoms with Crippen molar-refractivity contribution in [1.82, 2.24) is 14.1 Å². The van der Waals surface area contributed by atoms with Gasteiger partial charge in [0.25, 0.3) is 0 Å². The van der Waals surface area contributed by atoms with Crippen molar-refractivity contribution in [1.29, 1.82) is 0 Å². The molecule has 2 aliphatic heterocycles. The number of nitrogens with zero attached hydrogens (tertiary/aromatic N) is 3. The van der Waals surface area contributed by atoms with Crippen LogP contribution in [0.4, 0.5) is 0 Å². The minimum atomic E-state index is -3.19. The van der Waals surface area contributed by atoms with Crippen LogP contribution in [-0.4, -0.2) is 88.2 Å². The van der Waals surface area contributed by atoms with Crippen LogP contribution < -0.4 is 9.47 Å². The van der Waals surface area contributed by atoms with E-state index >= 15 is 0 Å². The summed E-state index contributed by atoms with van der Waals surface area (Å²) < 4.78 is 35.9. The van der Waals surface area contributed by atoms with Crippen molar-refractivity contribution in [2.45, 2.75) is 37.8 Å². The van der Waals surface area contributed by atoms with E-state index in [2.05, 4.69) is 4.90 Å². The van der Waals surface area contributed by atoms with Gasteiger partial charge in [-0.2, -0.15) is 0 Å². The number of benzene rings is 1. The molecule has 1 aromatic carbocycles. The molecule has 2 aliphatic rings. The number of amides is 1.